The van der Waals surface area contributed by atoms with Gasteiger partial charge in [0.1, 0.15) is 5.25 Å². The van der Waals surface area contributed by atoms with Crippen LogP contribution in [0.25, 0.3) is 0 Å². The molecule has 5 rings (SSSR count). The van der Waals surface area contributed by atoms with Gasteiger partial charge in [-0.2, -0.15) is 13.2 Å². The number of nitrogens with zero attached hydrogens (tertiary/aromatic N) is 1. The first kappa shape index (κ1) is 21.0. The van der Waals surface area contributed by atoms with E-state index < -0.39 is 40.6 Å². The maximum atomic E-state index is 13.5. The van der Waals surface area contributed by atoms with E-state index in [2.05, 4.69) is 4.98 Å². The number of imide groups is 1. The van der Waals surface area contributed by atoms with Crippen molar-refractivity contribution in [1.82, 2.24) is 4.98 Å². The molecule has 2 aromatic carbocycles. The number of carbonyl (C=O) groups is 2. The van der Waals surface area contributed by atoms with Crippen LogP contribution in [-0.2, 0) is 15.8 Å². The molecule has 0 radical (unpaired) electrons. The molecule has 3 heterocycles. The number of halogens is 3. The van der Waals surface area contributed by atoms with Gasteiger partial charge in [-0.1, -0.05) is 59.0 Å². The second kappa shape index (κ2) is 7.35. The highest BCUT2D eigenvalue weighted by atomic mass is 32.2. The van der Waals surface area contributed by atoms with Gasteiger partial charge >= 0.3 is 11.0 Å². The fraction of sp³-hybridized carbons (Fsp3) is 0.227. The Labute approximate surface area is 188 Å². The van der Waals surface area contributed by atoms with Gasteiger partial charge in [0.15, 0.2) is 0 Å². The molecule has 10 heteroatoms. The van der Waals surface area contributed by atoms with Crippen LogP contribution in [0.1, 0.15) is 27.5 Å². The molecule has 2 amide bonds. The van der Waals surface area contributed by atoms with E-state index in [0.29, 0.717) is 9.90 Å². The van der Waals surface area contributed by atoms with Crippen molar-refractivity contribution < 1.29 is 22.8 Å². The molecule has 5 nitrogen and oxygen atoms in total. The molecule has 1 fully saturated rings. The SMILES string of the molecule is Cc1ccc([C@H]2c3sc(=O)[nH]c3S[C@H]3C(=O)N(c4cccc(C(F)(F)F)c4)C(=O)[C@H]23)cc1. The van der Waals surface area contributed by atoms with Crippen LogP contribution in [0.3, 0.4) is 0 Å². The molecule has 2 aliphatic rings. The Morgan fingerprint density at radius 3 is 2.41 bits per heavy atom. The molecule has 0 spiro atoms. The standard InChI is InChI=1S/C22H15F3N2O3S2/c1-10-5-7-11(8-6-10)14-15-17(31-18-16(14)32-21(30)26-18)20(29)27(19(15)28)13-4-2-3-12(9-13)22(23,24)25/h2-9,14-15,17H,1H3,(H,26,30)/t14-,15-,17-/m1/s1. The van der Waals surface area contributed by atoms with Crippen molar-refractivity contribution in [3.63, 3.8) is 0 Å². The van der Waals surface area contributed by atoms with Crippen LogP contribution >= 0.6 is 23.1 Å². The topological polar surface area (TPSA) is 70.2 Å². The number of carbonyl (C=O) groups excluding carboxylic acids is 2. The van der Waals surface area contributed by atoms with Gasteiger partial charge < -0.3 is 4.98 Å². The minimum absolute atomic E-state index is 0.107. The Hall–Kier alpha value is -2.85. The van der Waals surface area contributed by atoms with Crippen LogP contribution in [0.5, 0.6) is 0 Å². The molecule has 3 atom stereocenters. The average Bonchev–Trinajstić information content (AvgIpc) is 3.23. The fourth-order valence-corrected chi connectivity index (χ4v) is 6.74. The van der Waals surface area contributed by atoms with E-state index >= 15 is 0 Å². The predicted octanol–water partition coefficient (Wildman–Crippen LogP) is 4.56. The third-order valence-electron chi connectivity index (χ3n) is 5.69. The average molecular weight is 477 g/mol. The Bertz CT molecular complexity index is 1300. The monoisotopic (exact) mass is 476 g/mol. The lowest BCUT2D eigenvalue weighted by molar-refractivity contribution is -0.137. The Morgan fingerprint density at radius 2 is 1.72 bits per heavy atom. The number of H-pyrrole nitrogens is 1. The Kier molecular flexibility index (Phi) is 4.82. The molecule has 3 aromatic rings. The van der Waals surface area contributed by atoms with E-state index in [-0.39, 0.29) is 10.6 Å². The molecule has 2 aliphatic heterocycles. The molecule has 1 saturated heterocycles. The summed E-state index contributed by atoms with van der Waals surface area (Å²) in [6.07, 6.45) is -4.60. The van der Waals surface area contributed by atoms with Gasteiger partial charge in [0.05, 0.1) is 22.2 Å². The van der Waals surface area contributed by atoms with Gasteiger partial charge in [0.25, 0.3) is 0 Å². The molecule has 0 unspecified atom stereocenters. The summed E-state index contributed by atoms with van der Waals surface area (Å²) in [6, 6.07) is 11.7. The normalized spacial score (nSPS) is 22.8. The second-order valence-electron chi connectivity index (χ2n) is 7.72. The summed E-state index contributed by atoms with van der Waals surface area (Å²) in [5, 5.41) is -0.319. The summed E-state index contributed by atoms with van der Waals surface area (Å²) in [5.41, 5.74) is 0.743. The molecule has 0 saturated carbocycles. The lowest BCUT2D eigenvalue weighted by Gasteiger charge is -2.29. The number of aromatic amines is 1. The second-order valence-corrected chi connectivity index (χ2v) is 9.89. The molecule has 0 bridgehead atoms. The Balaban J connectivity index is 1.62. The van der Waals surface area contributed by atoms with Gasteiger partial charge in [0.2, 0.25) is 11.8 Å². The van der Waals surface area contributed by atoms with Crippen molar-refractivity contribution >= 4 is 40.6 Å². The number of benzene rings is 2. The fourth-order valence-electron chi connectivity index (χ4n) is 4.23. The quantitative estimate of drug-likeness (QED) is 0.551. The minimum atomic E-state index is -4.60. The van der Waals surface area contributed by atoms with Crippen molar-refractivity contribution in [3.8, 4) is 0 Å². The number of hydrogen-bond acceptors (Lipinski definition) is 5. The minimum Gasteiger partial charge on any atom is -0.307 e. The Morgan fingerprint density at radius 1 is 1.00 bits per heavy atom. The number of thioether (sulfide) groups is 1. The van der Waals surface area contributed by atoms with Crippen molar-refractivity contribution in [2.45, 2.75) is 29.3 Å². The maximum absolute atomic E-state index is 13.5. The third kappa shape index (κ3) is 3.29. The number of alkyl halides is 3. The first-order valence-corrected chi connectivity index (χ1v) is 11.4. The smallest absolute Gasteiger partial charge is 0.307 e. The highest BCUT2D eigenvalue weighted by molar-refractivity contribution is 8.00. The molecule has 164 valence electrons. The van der Waals surface area contributed by atoms with E-state index in [9.17, 15) is 27.6 Å². The number of hydrogen-bond donors (Lipinski definition) is 1. The number of fused-ring (bicyclic) bond motifs is 2. The lowest BCUT2D eigenvalue weighted by atomic mass is 9.83. The maximum Gasteiger partial charge on any atom is 0.416 e. The van der Waals surface area contributed by atoms with Crippen LogP contribution in [-0.4, -0.2) is 22.0 Å². The zero-order chi connectivity index (χ0) is 22.8. The number of nitrogens with one attached hydrogen (secondary N) is 1. The van der Waals surface area contributed by atoms with E-state index in [1.54, 1.807) is 0 Å². The predicted molar refractivity (Wildman–Crippen MR) is 115 cm³/mol. The van der Waals surface area contributed by atoms with Gasteiger partial charge in [-0.25, -0.2) is 4.90 Å². The van der Waals surface area contributed by atoms with Crippen molar-refractivity contribution in [2.75, 3.05) is 4.90 Å². The number of aromatic nitrogens is 1. The van der Waals surface area contributed by atoms with E-state index in [0.717, 1.165) is 51.3 Å². The number of thiazole rings is 1. The van der Waals surface area contributed by atoms with Gasteiger partial charge in [0, 0.05) is 10.8 Å². The molecule has 1 N–H and O–H groups in total. The summed E-state index contributed by atoms with van der Waals surface area (Å²) in [6.45, 7) is 1.92. The summed E-state index contributed by atoms with van der Waals surface area (Å²) < 4.78 is 39.6. The largest absolute Gasteiger partial charge is 0.416 e. The van der Waals surface area contributed by atoms with Crippen molar-refractivity contribution in [1.29, 1.82) is 0 Å². The zero-order valence-electron chi connectivity index (χ0n) is 16.5. The third-order valence-corrected chi connectivity index (χ3v) is 8.09. The highest BCUT2D eigenvalue weighted by Crippen LogP contribution is 2.53. The summed E-state index contributed by atoms with van der Waals surface area (Å²) >= 11 is 2.08. The number of aryl methyl sites for hydroxylation is 1. The molecular formula is C22H15F3N2O3S2. The van der Waals surface area contributed by atoms with Crippen LogP contribution in [0.2, 0.25) is 0 Å². The summed E-state index contributed by atoms with van der Waals surface area (Å²) in [4.78, 5) is 42.8. The zero-order valence-corrected chi connectivity index (χ0v) is 18.1. The molecule has 1 aromatic heterocycles. The van der Waals surface area contributed by atoms with Gasteiger partial charge in [-0.05, 0) is 30.7 Å². The number of anilines is 1. The van der Waals surface area contributed by atoms with Gasteiger partial charge in [-0.3, -0.25) is 14.4 Å². The van der Waals surface area contributed by atoms with Crippen LogP contribution < -0.4 is 9.77 Å². The molecule has 32 heavy (non-hydrogen) atoms. The lowest BCUT2D eigenvalue weighted by Crippen LogP contribution is -2.32. The molecular weight excluding hydrogens is 461 g/mol. The van der Waals surface area contributed by atoms with Crippen LogP contribution in [0.15, 0.2) is 58.4 Å². The van der Waals surface area contributed by atoms with E-state index in [4.69, 9.17) is 0 Å². The summed E-state index contributed by atoms with van der Waals surface area (Å²) in [7, 11) is 0. The first-order valence-electron chi connectivity index (χ1n) is 9.66. The van der Waals surface area contributed by atoms with Crippen LogP contribution in [0.4, 0.5) is 18.9 Å². The van der Waals surface area contributed by atoms with E-state index in [1.807, 2.05) is 31.2 Å². The number of amides is 2. The van der Waals surface area contributed by atoms with Crippen molar-refractivity contribution in [3.05, 3.63) is 79.8 Å². The van der Waals surface area contributed by atoms with E-state index in [1.165, 1.54) is 12.1 Å². The van der Waals surface area contributed by atoms with Crippen LogP contribution in [0, 0.1) is 12.8 Å². The number of rotatable bonds is 2. The molecule has 0 aliphatic carbocycles. The summed E-state index contributed by atoms with van der Waals surface area (Å²) in [5.74, 6) is -2.53. The first-order chi connectivity index (χ1) is 15.1. The van der Waals surface area contributed by atoms with Crippen molar-refractivity contribution in [2.24, 2.45) is 5.92 Å². The highest BCUT2D eigenvalue weighted by Gasteiger charge is 2.56. The van der Waals surface area contributed by atoms with Gasteiger partial charge in [-0.15, -0.1) is 0 Å².